The number of halogens is 1. The number of rotatable bonds is 3. The monoisotopic (exact) mass is 282 g/mol. The molecule has 0 aliphatic carbocycles. The van der Waals surface area contributed by atoms with E-state index >= 15 is 0 Å². The average Bonchev–Trinajstić information content (AvgIpc) is 2.40. The Kier molecular flexibility index (Phi) is 6.32. The zero-order valence-corrected chi connectivity index (χ0v) is 12.4. The zero-order valence-electron chi connectivity index (χ0n) is 11.6. The number of amides is 1. The van der Waals surface area contributed by atoms with Crippen molar-refractivity contribution in [3.63, 3.8) is 0 Å². The number of hydrogen-bond donors (Lipinski definition) is 2. The zero-order chi connectivity index (χ0) is 13.0. The Morgan fingerprint density at radius 2 is 2.11 bits per heavy atom. The van der Waals surface area contributed by atoms with Crippen LogP contribution in [0.15, 0.2) is 24.3 Å². The van der Waals surface area contributed by atoms with Gasteiger partial charge in [0.05, 0.1) is 12.1 Å². The number of carbonyl (C=O) groups excluding carboxylic acids is 1. The number of hydrogen-bond acceptors (Lipinski definition) is 2. The van der Waals surface area contributed by atoms with E-state index in [4.69, 9.17) is 0 Å². The van der Waals surface area contributed by atoms with Crippen LogP contribution in [0.25, 0.3) is 0 Å². The highest BCUT2D eigenvalue weighted by atomic mass is 35.5. The first-order valence-electron chi connectivity index (χ1n) is 6.78. The van der Waals surface area contributed by atoms with Crippen molar-refractivity contribution in [3.05, 3.63) is 35.4 Å². The first kappa shape index (κ1) is 16.0. The Labute approximate surface area is 121 Å². The maximum Gasteiger partial charge on any atom is 0.237 e. The van der Waals surface area contributed by atoms with Crippen LogP contribution in [0.1, 0.15) is 43.4 Å². The Morgan fingerprint density at radius 3 is 2.74 bits per heavy atom. The third kappa shape index (κ3) is 4.22. The smallest absolute Gasteiger partial charge is 0.237 e. The molecule has 1 aliphatic rings. The lowest BCUT2D eigenvalue weighted by Gasteiger charge is -2.25. The van der Waals surface area contributed by atoms with Crippen molar-refractivity contribution in [2.24, 2.45) is 0 Å². The summed E-state index contributed by atoms with van der Waals surface area (Å²) >= 11 is 0. The number of nitrogens with one attached hydrogen (secondary N) is 2. The highest BCUT2D eigenvalue weighted by Crippen LogP contribution is 2.17. The van der Waals surface area contributed by atoms with Gasteiger partial charge in [0.2, 0.25) is 5.91 Å². The molecule has 1 fully saturated rings. The molecule has 0 saturated carbocycles. The maximum atomic E-state index is 12.1. The van der Waals surface area contributed by atoms with Crippen LogP contribution in [0.3, 0.4) is 0 Å². The first-order valence-corrected chi connectivity index (χ1v) is 6.78. The molecule has 1 aliphatic heterocycles. The minimum absolute atomic E-state index is 0. The molecule has 106 valence electrons. The second-order valence-electron chi connectivity index (χ2n) is 5.09. The predicted molar refractivity (Wildman–Crippen MR) is 80.6 cm³/mol. The summed E-state index contributed by atoms with van der Waals surface area (Å²) in [5.74, 6) is 0.130. The van der Waals surface area contributed by atoms with Gasteiger partial charge in [0.15, 0.2) is 0 Å². The summed E-state index contributed by atoms with van der Waals surface area (Å²) in [6.07, 6.45) is 3.27. The van der Waals surface area contributed by atoms with E-state index in [1.54, 1.807) is 0 Å². The van der Waals surface area contributed by atoms with E-state index in [-0.39, 0.29) is 30.4 Å². The molecule has 1 heterocycles. The lowest BCUT2D eigenvalue weighted by atomic mass is 10.0. The minimum Gasteiger partial charge on any atom is -0.348 e. The van der Waals surface area contributed by atoms with Gasteiger partial charge in [-0.25, -0.2) is 0 Å². The van der Waals surface area contributed by atoms with Crippen LogP contribution in [-0.4, -0.2) is 18.5 Å². The molecule has 2 rings (SSSR count). The molecule has 1 aromatic rings. The Balaban J connectivity index is 0.00000180. The topological polar surface area (TPSA) is 41.1 Å². The van der Waals surface area contributed by atoms with Gasteiger partial charge in [-0.15, -0.1) is 12.4 Å². The Hall–Kier alpha value is -1.06. The van der Waals surface area contributed by atoms with E-state index in [0.29, 0.717) is 0 Å². The third-order valence-electron chi connectivity index (χ3n) is 3.64. The van der Waals surface area contributed by atoms with Crippen molar-refractivity contribution in [2.75, 3.05) is 6.54 Å². The summed E-state index contributed by atoms with van der Waals surface area (Å²) in [5, 5.41) is 6.38. The molecule has 0 spiro atoms. The summed E-state index contributed by atoms with van der Waals surface area (Å²) < 4.78 is 0. The van der Waals surface area contributed by atoms with Crippen LogP contribution in [0, 0.1) is 6.92 Å². The molecule has 0 radical (unpaired) electrons. The van der Waals surface area contributed by atoms with Crippen LogP contribution in [0.4, 0.5) is 0 Å². The fourth-order valence-corrected chi connectivity index (χ4v) is 2.54. The van der Waals surface area contributed by atoms with Crippen LogP contribution < -0.4 is 10.6 Å². The van der Waals surface area contributed by atoms with Crippen LogP contribution in [-0.2, 0) is 4.79 Å². The fraction of sp³-hybridized carbons (Fsp3) is 0.533. The van der Waals surface area contributed by atoms with Crippen molar-refractivity contribution in [1.29, 1.82) is 0 Å². The average molecular weight is 283 g/mol. The molecule has 0 bridgehead atoms. The molecule has 2 unspecified atom stereocenters. The second kappa shape index (κ2) is 7.51. The summed E-state index contributed by atoms with van der Waals surface area (Å²) in [7, 11) is 0. The van der Waals surface area contributed by atoms with Gasteiger partial charge < -0.3 is 10.6 Å². The van der Waals surface area contributed by atoms with Crippen LogP contribution >= 0.6 is 12.4 Å². The molecule has 0 aromatic heterocycles. The van der Waals surface area contributed by atoms with Crippen LogP contribution in [0.2, 0.25) is 0 Å². The van der Waals surface area contributed by atoms with E-state index in [2.05, 4.69) is 29.7 Å². The van der Waals surface area contributed by atoms with Gasteiger partial charge in [-0.3, -0.25) is 4.79 Å². The molecular weight excluding hydrogens is 260 g/mol. The summed E-state index contributed by atoms with van der Waals surface area (Å²) in [6, 6.07) is 8.26. The van der Waals surface area contributed by atoms with E-state index in [1.165, 1.54) is 17.5 Å². The van der Waals surface area contributed by atoms with Gasteiger partial charge in [0, 0.05) is 0 Å². The van der Waals surface area contributed by atoms with E-state index in [9.17, 15) is 4.79 Å². The predicted octanol–water partition coefficient (Wildman–Crippen LogP) is 2.74. The molecule has 1 amide bonds. The minimum atomic E-state index is -0.00906. The first-order chi connectivity index (χ1) is 8.68. The van der Waals surface area contributed by atoms with Gasteiger partial charge >= 0.3 is 0 Å². The fourth-order valence-electron chi connectivity index (χ4n) is 2.54. The number of carbonyl (C=O) groups is 1. The van der Waals surface area contributed by atoms with E-state index in [1.807, 2.05) is 19.1 Å². The molecule has 1 aromatic carbocycles. The van der Waals surface area contributed by atoms with E-state index in [0.717, 1.165) is 19.4 Å². The summed E-state index contributed by atoms with van der Waals surface area (Å²) in [4.78, 5) is 12.1. The lowest BCUT2D eigenvalue weighted by molar-refractivity contribution is -0.124. The lowest BCUT2D eigenvalue weighted by Crippen LogP contribution is -2.47. The Bertz CT molecular complexity index is 416. The van der Waals surface area contributed by atoms with Crippen molar-refractivity contribution in [3.8, 4) is 0 Å². The van der Waals surface area contributed by atoms with Crippen molar-refractivity contribution < 1.29 is 4.79 Å². The largest absolute Gasteiger partial charge is 0.348 e. The molecule has 2 N–H and O–H groups in total. The number of benzene rings is 1. The van der Waals surface area contributed by atoms with Crippen molar-refractivity contribution in [1.82, 2.24) is 10.6 Å². The molecule has 4 heteroatoms. The molecular formula is C15H23ClN2O. The number of aryl methyl sites for hydroxylation is 1. The molecule has 19 heavy (non-hydrogen) atoms. The third-order valence-corrected chi connectivity index (χ3v) is 3.64. The van der Waals surface area contributed by atoms with Gasteiger partial charge in [-0.2, -0.15) is 0 Å². The summed E-state index contributed by atoms with van der Waals surface area (Å²) in [5.41, 5.74) is 2.42. The van der Waals surface area contributed by atoms with E-state index < -0.39 is 0 Å². The maximum absolute atomic E-state index is 12.1. The molecule has 2 atom stereocenters. The summed E-state index contributed by atoms with van der Waals surface area (Å²) in [6.45, 7) is 5.08. The van der Waals surface area contributed by atoms with Gasteiger partial charge in [-0.1, -0.05) is 30.7 Å². The van der Waals surface area contributed by atoms with Crippen molar-refractivity contribution >= 4 is 18.3 Å². The Morgan fingerprint density at radius 1 is 1.37 bits per heavy atom. The molecule has 1 saturated heterocycles. The number of piperidine rings is 1. The highest BCUT2D eigenvalue weighted by Gasteiger charge is 2.22. The molecule has 3 nitrogen and oxygen atoms in total. The normalized spacial score (nSPS) is 20.2. The van der Waals surface area contributed by atoms with Crippen molar-refractivity contribution in [2.45, 2.75) is 45.2 Å². The standard InChI is InChI=1S/C15H22N2O.ClH/c1-11-7-3-4-8-13(11)12(2)17-15(18)14-9-5-6-10-16-14;/h3-4,7-8,12,14,16H,5-6,9-10H2,1-2H3,(H,17,18);1H. The second-order valence-corrected chi connectivity index (χ2v) is 5.09. The van der Waals surface area contributed by atoms with Gasteiger partial charge in [-0.05, 0) is 44.4 Å². The SMILES string of the molecule is Cc1ccccc1C(C)NC(=O)C1CCCCN1.Cl. The van der Waals surface area contributed by atoms with Gasteiger partial charge in [0.1, 0.15) is 0 Å². The van der Waals surface area contributed by atoms with Crippen LogP contribution in [0.5, 0.6) is 0 Å². The quantitative estimate of drug-likeness (QED) is 0.895. The highest BCUT2D eigenvalue weighted by molar-refractivity contribution is 5.85. The van der Waals surface area contributed by atoms with Gasteiger partial charge in [0.25, 0.3) is 0 Å².